The Morgan fingerprint density at radius 3 is 2.06 bits per heavy atom. The second-order valence-electron chi connectivity index (χ2n) is 7.57. The molecule has 33 heavy (non-hydrogen) atoms. The van der Waals surface area contributed by atoms with Crippen molar-refractivity contribution >= 4 is 59.5 Å². The molecule has 8 N–H and O–H groups in total. The van der Waals surface area contributed by atoms with Gasteiger partial charge in [-0.2, -0.15) is 16.8 Å². The van der Waals surface area contributed by atoms with Crippen molar-refractivity contribution in [3.8, 4) is 0 Å². The average Bonchev–Trinajstić information content (AvgIpc) is 2.56. The summed E-state index contributed by atoms with van der Waals surface area (Å²) in [5.41, 5.74) is 15.9. The molecule has 0 saturated carbocycles. The standard InChI is InChI=1S/C8H14N2O6S3.C8H12N2O2S2/c1-7(9)3-4-8(2,10)6(5-7)16-19(14,15)17-18(11,12)13;1-10(2)6-3-4-7(9)8(5-6)14(11,12)13/h3-5H,9-10H2,1-2H3,(H,11,12,13);3-5H,9H2,1-2H3,(H,11,12,13). The lowest BCUT2D eigenvalue weighted by Crippen LogP contribution is -2.45. The summed E-state index contributed by atoms with van der Waals surface area (Å²) in [5.74, 6) is -0.226. The fourth-order valence-corrected chi connectivity index (χ4v) is 7.12. The van der Waals surface area contributed by atoms with E-state index in [1.54, 1.807) is 25.1 Å². The van der Waals surface area contributed by atoms with Crippen LogP contribution >= 0.6 is 9.83 Å². The predicted octanol–water partition coefficient (Wildman–Crippen LogP) is 0.585. The molecule has 0 spiro atoms. The fraction of sp³-hybridized carbons (Fsp3) is 0.375. The molecular weight excluding hydrogens is 537 g/mol. The van der Waals surface area contributed by atoms with Gasteiger partial charge in [0.2, 0.25) is 0 Å². The molecular formula is C16H26N4O8S5. The lowest BCUT2D eigenvalue weighted by atomic mass is 9.87. The Morgan fingerprint density at radius 1 is 1.06 bits per heavy atom. The van der Waals surface area contributed by atoms with Crippen molar-refractivity contribution in [2.75, 3.05) is 24.7 Å². The van der Waals surface area contributed by atoms with E-state index in [0.717, 1.165) is 5.69 Å². The minimum Gasteiger partial charge on any atom is -0.398 e. The molecule has 0 fully saturated rings. The highest BCUT2D eigenvalue weighted by Crippen LogP contribution is 2.31. The van der Waals surface area contributed by atoms with Gasteiger partial charge < -0.3 is 30.8 Å². The molecule has 0 aliphatic heterocycles. The Labute approximate surface area is 201 Å². The van der Waals surface area contributed by atoms with E-state index in [1.807, 2.05) is 19.0 Å². The van der Waals surface area contributed by atoms with E-state index < -0.39 is 48.0 Å². The van der Waals surface area contributed by atoms with E-state index in [1.165, 1.54) is 25.1 Å². The summed E-state index contributed by atoms with van der Waals surface area (Å²) in [4.78, 5) is 1.92. The van der Waals surface area contributed by atoms with Gasteiger partial charge in [-0.05, 0) is 38.1 Å². The lowest BCUT2D eigenvalue weighted by Gasteiger charge is -2.31. The highest BCUT2D eigenvalue weighted by molar-refractivity contribution is 9.02. The minimum atomic E-state index is -4.81. The Kier molecular flexibility index (Phi) is 9.01. The number of benzene rings is 1. The van der Waals surface area contributed by atoms with Crippen LogP contribution in [0.1, 0.15) is 13.8 Å². The molecule has 0 aromatic heterocycles. The van der Waals surface area contributed by atoms with Crippen LogP contribution in [0, 0.1) is 0 Å². The van der Waals surface area contributed by atoms with Gasteiger partial charge in [0.1, 0.15) is 5.76 Å². The van der Waals surface area contributed by atoms with Gasteiger partial charge in [0, 0.05) is 31.0 Å². The van der Waals surface area contributed by atoms with Gasteiger partial charge in [0.25, 0.3) is 0 Å². The summed E-state index contributed by atoms with van der Waals surface area (Å²) in [7, 11) is -9.91. The third-order valence-corrected chi connectivity index (χ3v) is 10.4. The third kappa shape index (κ3) is 9.75. The molecule has 1 aromatic carbocycles. The number of nitrogen functional groups attached to an aromatic ring is 1. The van der Waals surface area contributed by atoms with E-state index in [4.69, 9.17) is 21.8 Å². The van der Waals surface area contributed by atoms with Gasteiger partial charge >= 0.3 is 18.3 Å². The number of hydrogen-bond acceptors (Lipinski definition) is 12. The van der Waals surface area contributed by atoms with Crippen LogP contribution in [-0.4, -0.2) is 55.3 Å². The van der Waals surface area contributed by atoms with E-state index in [2.05, 4.69) is 15.4 Å². The van der Waals surface area contributed by atoms with E-state index in [0.29, 0.717) is 0 Å². The third-order valence-electron chi connectivity index (χ3n) is 3.91. The molecule has 12 nitrogen and oxygen atoms in total. The minimum absolute atomic E-state index is 0.110. The molecule has 1 aliphatic rings. The zero-order chi connectivity index (χ0) is 26.0. The van der Waals surface area contributed by atoms with Crippen LogP contribution in [0.25, 0.3) is 0 Å². The van der Waals surface area contributed by atoms with E-state index >= 15 is 0 Å². The Bertz CT molecular complexity index is 1270. The van der Waals surface area contributed by atoms with Crippen molar-refractivity contribution in [1.82, 2.24) is 0 Å². The molecule has 0 saturated heterocycles. The highest BCUT2D eigenvalue weighted by Gasteiger charge is 2.35. The van der Waals surface area contributed by atoms with Crippen LogP contribution in [0.2, 0.25) is 0 Å². The topological polar surface area (TPSA) is 216 Å². The quantitative estimate of drug-likeness (QED) is 0.139. The molecule has 3 unspecified atom stereocenters. The van der Waals surface area contributed by atoms with Crippen LogP contribution in [-0.2, 0) is 42.4 Å². The van der Waals surface area contributed by atoms with Crippen LogP contribution < -0.4 is 22.1 Å². The zero-order valence-electron chi connectivity index (χ0n) is 18.0. The van der Waals surface area contributed by atoms with Gasteiger partial charge in [-0.1, -0.05) is 12.2 Å². The maximum atomic E-state index is 11.5. The van der Waals surface area contributed by atoms with Gasteiger partial charge in [-0.3, -0.25) is 4.55 Å². The molecule has 3 atom stereocenters. The first-order chi connectivity index (χ1) is 14.5. The van der Waals surface area contributed by atoms with Crippen molar-refractivity contribution in [1.29, 1.82) is 0 Å². The molecule has 17 heteroatoms. The van der Waals surface area contributed by atoms with Crippen LogP contribution in [0.3, 0.4) is 0 Å². The molecule has 0 bridgehead atoms. The highest BCUT2D eigenvalue weighted by atomic mass is 33.5. The maximum Gasteiger partial charge on any atom is 0.383 e. The molecule has 2 rings (SSSR count). The normalized spacial score (nSPS) is 24.7. The summed E-state index contributed by atoms with van der Waals surface area (Å²) in [6.07, 6.45) is 4.26. The van der Waals surface area contributed by atoms with Crippen molar-refractivity contribution in [2.45, 2.75) is 29.8 Å². The Morgan fingerprint density at radius 2 is 1.61 bits per heavy atom. The lowest BCUT2D eigenvalue weighted by molar-refractivity contribution is 0.351. The molecule has 0 radical (unpaired) electrons. The number of nitrogens with two attached hydrogens (primary N) is 3. The summed E-state index contributed by atoms with van der Waals surface area (Å²) < 4.78 is 77.6. The summed E-state index contributed by atoms with van der Waals surface area (Å²) in [6.45, 7) is 3.03. The van der Waals surface area contributed by atoms with Crippen molar-refractivity contribution in [3.05, 3.63) is 42.2 Å². The first-order valence-corrected chi connectivity index (χ1v) is 15.9. The number of nitrogens with zero attached hydrogens (tertiary/aromatic N) is 1. The van der Waals surface area contributed by atoms with Crippen LogP contribution in [0.4, 0.5) is 11.4 Å². The first kappa shape index (κ1) is 29.6. The zero-order valence-corrected chi connectivity index (χ0v) is 22.1. The Hall–Kier alpha value is -1.44. The number of anilines is 2. The van der Waals surface area contributed by atoms with Gasteiger partial charge in [0.05, 0.1) is 21.7 Å². The average molecular weight is 563 g/mol. The predicted molar refractivity (Wildman–Crippen MR) is 133 cm³/mol. The van der Waals surface area contributed by atoms with Crippen molar-refractivity contribution in [3.63, 3.8) is 0 Å². The summed E-state index contributed by atoms with van der Waals surface area (Å²) in [5, 5.41) is 0. The molecule has 1 aromatic rings. The first-order valence-electron chi connectivity index (χ1n) is 8.73. The van der Waals surface area contributed by atoms with E-state index in [9.17, 15) is 25.6 Å². The summed E-state index contributed by atoms with van der Waals surface area (Å²) >= 11 is 4.47. The SMILES string of the molecule is CC1(N)C=CC(C)(N)C(OS(=O)(=O)SS(=O)(=O)O)=C1.CN(C)c1ccc(N)c(S(=O)(O)=S)c1. The van der Waals surface area contributed by atoms with Gasteiger partial charge in [-0.15, -0.1) is 0 Å². The Balaban J connectivity index is 0.000000346. The van der Waals surface area contributed by atoms with Crippen molar-refractivity contribution < 1.29 is 34.3 Å². The van der Waals surface area contributed by atoms with Gasteiger partial charge in [0.15, 0.2) is 18.6 Å². The molecule has 188 valence electrons. The fourth-order valence-electron chi connectivity index (χ4n) is 2.29. The monoisotopic (exact) mass is 562 g/mol. The largest absolute Gasteiger partial charge is 0.398 e. The molecule has 0 amide bonds. The van der Waals surface area contributed by atoms with Crippen LogP contribution in [0.15, 0.2) is 47.1 Å². The molecule has 1 aliphatic carbocycles. The second-order valence-corrected chi connectivity index (χ2v) is 16.4. The van der Waals surface area contributed by atoms with Gasteiger partial charge in [-0.25, -0.2) is 4.21 Å². The number of rotatable bonds is 6. The summed E-state index contributed by atoms with van der Waals surface area (Å²) in [6, 6.07) is 4.87. The van der Waals surface area contributed by atoms with Crippen LogP contribution in [0.5, 0.6) is 0 Å². The van der Waals surface area contributed by atoms with Crippen molar-refractivity contribution in [2.24, 2.45) is 11.5 Å². The molecule has 0 heterocycles. The smallest absolute Gasteiger partial charge is 0.383 e. The second kappa shape index (κ2) is 10.0. The maximum absolute atomic E-state index is 11.5. The number of hydrogen-bond donors (Lipinski definition) is 5. The van der Waals surface area contributed by atoms with E-state index in [-0.39, 0.29) is 16.3 Å².